The molecule has 44 heavy (non-hydrogen) atoms. The molecule has 0 aliphatic carbocycles. The molecule has 0 amide bonds. The van der Waals surface area contributed by atoms with E-state index in [2.05, 4.69) is 25.8 Å². The van der Waals surface area contributed by atoms with Gasteiger partial charge in [0.2, 0.25) is 0 Å². The van der Waals surface area contributed by atoms with Crippen molar-refractivity contribution in [2.45, 2.75) is 21.6 Å². The molecule has 0 radical (unpaired) electrons. The minimum atomic E-state index is -4.87. The average Bonchev–Trinajstić information content (AvgIpc) is 2.94. The molecule has 4 rings (SSSR count). The molecule has 0 aliphatic rings. The summed E-state index contributed by atoms with van der Waals surface area (Å²) in [7, 11) is -11.6. The number of azo groups is 2. The smallest absolute Gasteiger partial charge is 0.296 e. The predicted molar refractivity (Wildman–Crippen MR) is 157 cm³/mol. The Kier molecular flexibility index (Phi) is 8.73. The quantitative estimate of drug-likeness (QED) is 0.110. The molecule has 16 nitrogen and oxygen atoms in total. The minimum absolute atomic E-state index is 0.00216. The van der Waals surface area contributed by atoms with Crippen LogP contribution in [0.1, 0.15) is 5.56 Å². The van der Waals surface area contributed by atoms with E-state index in [1.54, 1.807) is 19.2 Å². The Morgan fingerprint density at radius 2 is 1.34 bits per heavy atom. The van der Waals surface area contributed by atoms with Crippen LogP contribution in [0, 0.1) is 6.92 Å². The van der Waals surface area contributed by atoms with Crippen molar-refractivity contribution in [3.05, 3.63) is 60.2 Å². The summed E-state index contributed by atoms with van der Waals surface area (Å²) in [6, 6.07) is 10.7. The summed E-state index contributed by atoms with van der Waals surface area (Å²) in [5.74, 6) is -0.563. The first-order valence-electron chi connectivity index (χ1n) is 12.0. The number of anilines is 1. The monoisotopic (exact) mass is 665 g/mol. The number of rotatable bonds is 9. The van der Waals surface area contributed by atoms with Crippen molar-refractivity contribution in [1.82, 2.24) is 0 Å². The van der Waals surface area contributed by atoms with E-state index in [0.717, 1.165) is 18.2 Å². The number of methoxy groups -OCH3 is 1. The average molecular weight is 666 g/mol. The van der Waals surface area contributed by atoms with Crippen molar-refractivity contribution in [2.75, 3.05) is 19.5 Å². The van der Waals surface area contributed by atoms with Crippen molar-refractivity contribution in [2.24, 2.45) is 20.5 Å². The largest absolute Gasteiger partial charge is 0.505 e. The van der Waals surface area contributed by atoms with E-state index in [-0.39, 0.29) is 22.5 Å². The predicted octanol–water partition coefficient (Wildman–Crippen LogP) is 5.48. The van der Waals surface area contributed by atoms with Crippen molar-refractivity contribution in [1.29, 1.82) is 0 Å². The summed E-state index contributed by atoms with van der Waals surface area (Å²) >= 11 is 0. The summed E-state index contributed by atoms with van der Waals surface area (Å²) in [5.41, 5.74) is -0.118. The third kappa shape index (κ3) is 6.82. The van der Waals surface area contributed by atoms with Crippen LogP contribution in [0.2, 0.25) is 0 Å². The SMILES string of the molecule is CNc1ccc2c(O)c(N=Nc3cc(C)c(N=Nc4cc(S(=O)(=O)O)ccc4S(=O)(=O)O)cc3OC)c(S(=O)(=O)O)cc2c1. The molecule has 0 saturated carbocycles. The Labute approximate surface area is 251 Å². The summed E-state index contributed by atoms with van der Waals surface area (Å²) in [5, 5.41) is 29.8. The lowest BCUT2D eigenvalue weighted by molar-refractivity contribution is 0.416. The van der Waals surface area contributed by atoms with Crippen LogP contribution >= 0.6 is 0 Å². The lowest BCUT2D eigenvalue weighted by Crippen LogP contribution is -2.02. The van der Waals surface area contributed by atoms with Gasteiger partial charge in [0.25, 0.3) is 30.4 Å². The van der Waals surface area contributed by atoms with E-state index in [0.29, 0.717) is 22.7 Å². The lowest BCUT2D eigenvalue weighted by Gasteiger charge is -2.11. The molecule has 0 heterocycles. The first-order chi connectivity index (χ1) is 20.4. The van der Waals surface area contributed by atoms with Gasteiger partial charge in [-0.05, 0) is 66.4 Å². The van der Waals surface area contributed by atoms with E-state index >= 15 is 0 Å². The molecular formula is C25H23N5O11S3. The summed E-state index contributed by atoms with van der Waals surface area (Å²) < 4.78 is 105. The van der Waals surface area contributed by atoms with Gasteiger partial charge in [0, 0.05) is 24.2 Å². The number of aromatic hydroxyl groups is 1. The second-order valence-electron chi connectivity index (χ2n) is 9.02. The molecule has 19 heteroatoms. The van der Waals surface area contributed by atoms with Gasteiger partial charge < -0.3 is 15.2 Å². The van der Waals surface area contributed by atoms with Gasteiger partial charge in [-0.25, -0.2) is 0 Å². The first-order valence-corrected chi connectivity index (χ1v) is 16.3. The normalized spacial score (nSPS) is 12.8. The summed E-state index contributed by atoms with van der Waals surface area (Å²) in [4.78, 5) is -2.19. The molecule has 0 atom stereocenters. The number of aryl methyl sites for hydroxylation is 1. The number of hydrogen-bond donors (Lipinski definition) is 5. The van der Waals surface area contributed by atoms with Crippen molar-refractivity contribution >= 4 is 69.6 Å². The molecule has 0 unspecified atom stereocenters. The zero-order valence-electron chi connectivity index (χ0n) is 22.9. The third-order valence-electron chi connectivity index (χ3n) is 6.14. The van der Waals surface area contributed by atoms with Crippen LogP contribution in [0.3, 0.4) is 0 Å². The topological polar surface area (TPSA) is 254 Å². The van der Waals surface area contributed by atoms with Gasteiger partial charge in [-0.3, -0.25) is 13.7 Å². The van der Waals surface area contributed by atoms with Gasteiger partial charge in [-0.15, -0.1) is 15.3 Å². The first kappa shape index (κ1) is 32.4. The number of hydrogen-bond acceptors (Lipinski definition) is 13. The number of benzene rings is 4. The van der Waals surface area contributed by atoms with Gasteiger partial charge in [0.15, 0.2) is 5.75 Å². The zero-order chi connectivity index (χ0) is 32.6. The van der Waals surface area contributed by atoms with Gasteiger partial charge in [0.1, 0.15) is 32.6 Å². The highest BCUT2D eigenvalue weighted by Crippen LogP contribution is 2.43. The molecule has 0 bridgehead atoms. The number of ether oxygens (including phenoxy) is 1. The fourth-order valence-corrected chi connectivity index (χ4v) is 5.74. The van der Waals surface area contributed by atoms with Crippen molar-refractivity contribution in [3.63, 3.8) is 0 Å². The maximum Gasteiger partial charge on any atom is 0.296 e. The fourth-order valence-electron chi connectivity index (χ4n) is 3.98. The van der Waals surface area contributed by atoms with Gasteiger partial charge in [-0.1, -0.05) is 0 Å². The molecule has 4 aromatic carbocycles. The molecule has 0 aliphatic heterocycles. The lowest BCUT2D eigenvalue weighted by atomic mass is 10.1. The standard InChI is InChI=1S/C25H23N5O11S3/c1-13-8-19(28-30-24-23(44(38,39)40)10-14-9-15(26-2)4-6-17(14)25(24)31)21(41-3)12-18(13)27-29-20-11-16(42(32,33)34)5-7-22(20)43(35,36)37/h4-12,26,31H,1-3H3,(H,32,33,34)(H,35,36,37)(H,38,39,40). The Morgan fingerprint density at radius 3 is 1.93 bits per heavy atom. The van der Waals surface area contributed by atoms with Crippen LogP contribution in [0.4, 0.5) is 28.4 Å². The highest BCUT2D eigenvalue weighted by molar-refractivity contribution is 7.86. The second-order valence-corrected chi connectivity index (χ2v) is 13.2. The minimum Gasteiger partial charge on any atom is -0.505 e. The Morgan fingerprint density at radius 1 is 0.705 bits per heavy atom. The van der Waals surface area contributed by atoms with E-state index in [4.69, 9.17) is 4.74 Å². The Balaban J connectivity index is 1.81. The fraction of sp³-hybridized carbons (Fsp3) is 0.120. The van der Waals surface area contributed by atoms with Crippen LogP contribution in [0.25, 0.3) is 10.8 Å². The number of nitrogens with zero attached hydrogens (tertiary/aromatic N) is 4. The summed E-state index contributed by atoms with van der Waals surface area (Å²) in [6.07, 6.45) is 0. The molecule has 232 valence electrons. The Hall–Kier alpha value is -4.53. The molecule has 0 spiro atoms. The molecule has 4 aromatic rings. The number of nitrogens with one attached hydrogen (secondary N) is 1. The summed E-state index contributed by atoms with van der Waals surface area (Å²) in [6.45, 7) is 1.53. The van der Waals surface area contributed by atoms with Crippen LogP contribution in [-0.2, 0) is 30.4 Å². The molecule has 5 N–H and O–H groups in total. The van der Waals surface area contributed by atoms with Gasteiger partial charge >= 0.3 is 0 Å². The molecule has 0 aromatic heterocycles. The number of phenolic OH excluding ortho intramolecular Hbond substituents is 1. The number of fused-ring (bicyclic) bond motifs is 1. The van der Waals surface area contributed by atoms with Crippen LogP contribution < -0.4 is 10.1 Å². The van der Waals surface area contributed by atoms with E-state index in [1.165, 1.54) is 32.2 Å². The highest BCUT2D eigenvalue weighted by atomic mass is 32.2. The zero-order valence-corrected chi connectivity index (χ0v) is 25.3. The van der Waals surface area contributed by atoms with E-state index < -0.39 is 62.2 Å². The highest BCUT2D eigenvalue weighted by Gasteiger charge is 2.23. The van der Waals surface area contributed by atoms with E-state index in [9.17, 15) is 44.0 Å². The van der Waals surface area contributed by atoms with E-state index in [1.807, 2.05) is 0 Å². The number of phenols is 1. The Bertz CT molecular complexity index is 2200. The van der Waals surface area contributed by atoms with Gasteiger partial charge in [-0.2, -0.15) is 30.4 Å². The maximum atomic E-state index is 12.2. The third-order valence-corrected chi connectivity index (χ3v) is 8.76. The van der Waals surface area contributed by atoms with Crippen LogP contribution in [0.5, 0.6) is 11.5 Å². The maximum absolute atomic E-state index is 12.2. The van der Waals surface area contributed by atoms with Crippen LogP contribution in [-0.4, -0.2) is 58.2 Å². The van der Waals surface area contributed by atoms with Crippen molar-refractivity contribution in [3.8, 4) is 11.5 Å². The van der Waals surface area contributed by atoms with Gasteiger partial charge in [0.05, 0.1) is 17.7 Å². The molecule has 0 fully saturated rings. The molecule has 0 saturated heterocycles. The molecular weight excluding hydrogens is 643 g/mol. The van der Waals surface area contributed by atoms with Crippen molar-refractivity contribution < 1.29 is 48.8 Å². The van der Waals surface area contributed by atoms with Crippen LogP contribution in [0.15, 0.2) is 89.7 Å². The second kappa shape index (κ2) is 11.9.